The summed E-state index contributed by atoms with van der Waals surface area (Å²) in [6.07, 6.45) is 2.00. The lowest BCUT2D eigenvalue weighted by molar-refractivity contribution is 0.0440. The number of carbonyl (C=O) groups excluding carboxylic acids is 1. The second-order valence-corrected chi connectivity index (χ2v) is 7.24. The molecule has 0 spiro atoms. The summed E-state index contributed by atoms with van der Waals surface area (Å²) >= 11 is 1.80. The number of nitrogens with zero attached hydrogens (tertiary/aromatic N) is 1. The lowest BCUT2D eigenvalue weighted by atomic mass is 9.90. The van der Waals surface area contributed by atoms with Crippen molar-refractivity contribution < 1.29 is 14.3 Å². The van der Waals surface area contributed by atoms with E-state index in [9.17, 15) is 4.79 Å². The smallest absolute Gasteiger partial charge is 0.281 e. The number of amides is 1. The van der Waals surface area contributed by atoms with E-state index in [4.69, 9.17) is 9.47 Å². The fourth-order valence-corrected chi connectivity index (χ4v) is 3.68. The number of halogens is 1. The summed E-state index contributed by atoms with van der Waals surface area (Å²) in [7, 11) is 0. The molecule has 2 aliphatic rings. The molecule has 0 unspecified atom stereocenters. The van der Waals surface area contributed by atoms with Gasteiger partial charge in [0, 0.05) is 47.8 Å². The Morgan fingerprint density at radius 2 is 2.05 bits per heavy atom. The first-order valence-electron chi connectivity index (χ1n) is 7.63. The van der Waals surface area contributed by atoms with Gasteiger partial charge in [-0.3, -0.25) is 9.69 Å². The molecule has 0 aromatic heterocycles. The molecule has 1 atom stereocenters. The minimum absolute atomic E-state index is 0.0224. The third kappa shape index (κ3) is 3.84. The van der Waals surface area contributed by atoms with Gasteiger partial charge in [-0.05, 0) is 31.9 Å². The van der Waals surface area contributed by atoms with Gasteiger partial charge in [0.15, 0.2) is 11.5 Å². The van der Waals surface area contributed by atoms with Crippen LogP contribution in [0.15, 0.2) is 24.3 Å². The molecule has 120 valence electrons. The lowest BCUT2D eigenvalue weighted by Gasteiger charge is -2.41. The van der Waals surface area contributed by atoms with E-state index in [0.717, 1.165) is 44.0 Å². The standard InChI is InChI=1S/C16H21IN2O3/c1-16(18-15(17)20)6-8-19(9-7-16)10-12-11-21-13-4-2-3-5-14(13)22-12/h2-5,12H,6-11H2,1H3,(H,18,20)/t12-/m0/s1. The Balaban J connectivity index is 1.51. The highest BCUT2D eigenvalue weighted by atomic mass is 127. The molecule has 1 fully saturated rings. The van der Waals surface area contributed by atoms with E-state index in [1.54, 1.807) is 22.6 Å². The molecule has 1 aromatic carbocycles. The normalized spacial score (nSPS) is 23.8. The zero-order valence-corrected chi connectivity index (χ0v) is 14.8. The Morgan fingerprint density at radius 1 is 1.36 bits per heavy atom. The van der Waals surface area contributed by atoms with Gasteiger partial charge in [-0.25, -0.2) is 0 Å². The maximum Gasteiger partial charge on any atom is 0.281 e. The molecule has 0 radical (unpaired) electrons. The molecule has 1 saturated heterocycles. The predicted molar refractivity (Wildman–Crippen MR) is 93.0 cm³/mol. The van der Waals surface area contributed by atoms with E-state index >= 15 is 0 Å². The molecule has 2 aliphatic heterocycles. The minimum Gasteiger partial charge on any atom is -0.486 e. The molecular formula is C16H21IN2O3. The van der Waals surface area contributed by atoms with Gasteiger partial charge < -0.3 is 14.8 Å². The van der Waals surface area contributed by atoms with E-state index in [1.165, 1.54) is 0 Å². The maximum absolute atomic E-state index is 11.3. The Kier molecular flexibility index (Phi) is 4.77. The average molecular weight is 416 g/mol. The fraction of sp³-hybridized carbons (Fsp3) is 0.562. The van der Waals surface area contributed by atoms with E-state index in [0.29, 0.717) is 6.61 Å². The van der Waals surface area contributed by atoms with Crippen molar-refractivity contribution in [1.82, 2.24) is 10.2 Å². The van der Waals surface area contributed by atoms with Gasteiger partial charge in [-0.1, -0.05) is 12.1 Å². The summed E-state index contributed by atoms with van der Waals surface area (Å²) in [4.78, 5) is 13.6. The van der Waals surface area contributed by atoms with Crippen LogP contribution in [0.25, 0.3) is 0 Å². The first-order valence-corrected chi connectivity index (χ1v) is 8.70. The number of likely N-dealkylation sites (tertiary alicyclic amines) is 1. The quantitative estimate of drug-likeness (QED) is 0.468. The van der Waals surface area contributed by atoms with Crippen molar-refractivity contribution in [3.8, 4) is 11.5 Å². The van der Waals surface area contributed by atoms with E-state index in [2.05, 4.69) is 17.1 Å². The monoisotopic (exact) mass is 416 g/mol. The molecular weight excluding hydrogens is 395 g/mol. The van der Waals surface area contributed by atoms with Gasteiger partial charge in [-0.2, -0.15) is 0 Å². The molecule has 2 heterocycles. The summed E-state index contributed by atoms with van der Waals surface area (Å²) in [6, 6.07) is 7.80. The highest BCUT2D eigenvalue weighted by Gasteiger charge is 2.32. The predicted octanol–water partition coefficient (Wildman–Crippen LogP) is 2.83. The van der Waals surface area contributed by atoms with E-state index < -0.39 is 0 Å². The van der Waals surface area contributed by atoms with Crippen LogP contribution in [-0.4, -0.2) is 46.7 Å². The van der Waals surface area contributed by atoms with E-state index in [-0.39, 0.29) is 15.6 Å². The maximum atomic E-state index is 11.3. The second kappa shape index (κ2) is 6.62. The van der Waals surface area contributed by atoms with Crippen molar-refractivity contribution in [3.63, 3.8) is 0 Å². The van der Waals surface area contributed by atoms with Crippen LogP contribution >= 0.6 is 22.6 Å². The zero-order valence-electron chi connectivity index (χ0n) is 12.7. The number of benzene rings is 1. The van der Waals surface area contributed by atoms with Crippen LogP contribution < -0.4 is 14.8 Å². The van der Waals surface area contributed by atoms with Gasteiger partial charge in [0.2, 0.25) is 0 Å². The third-order valence-corrected chi connectivity index (χ3v) is 4.66. The molecule has 22 heavy (non-hydrogen) atoms. The number of para-hydroxylation sites is 2. The Bertz CT molecular complexity index is 544. The van der Waals surface area contributed by atoms with Crippen LogP contribution in [-0.2, 0) is 0 Å². The Morgan fingerprint density at radius 3 is 2.73 bits per heavy atom. The number of hydrogen-bond acceptors (Lipinski definition) is 4. The number of fused-ring (bicyclic) bond motifs is 1. The molecule has 3 rings (SSSR count). The molecule has 0 saturated carbocycles. The topological polar surface area (TPSA) is 50.8 Å². The van der Waals surface area contributed by atoms with Gasteiger partial charge in [0.05, 0.1) is 0 Å². The van der Waals surface area contributed by atoms with Crippen LogP contribution in [0.2, 0.25) is 0 Å². The summed E-state index contributed by atoms with van der Waals surface area (Å²) in [5.41, 5.74) is -0.0781. The molecule has 5 nitrogen and oxygen atoms in total. The third-order valence-electron chi connectivity index (χ3n) is 4.39. The first kappa shape index (κ1) is 15.9. The van der Waals surface area contributed by atoms with E-state index in [1.807, 2.05) is 24.3 Å². The van der Waals surface area contributed by atoms with Gasteiger partial charge in [-0.15, -0.1) is 0 Å². The SMILES string of the molecule is CC1(NC(=O)I)CCN(C[C@H]2COc3ccccc3O2)CC1. The minimum atomic E-state index is -0.0781. The number of rotatable bonds is 3. The zero-order chi connectivity index (χ0) is 15.6. The molecule has 1 aromatic rings. The van der Waals surface area contributed by atoms with Crippen molar-refractivity contribution in [2.24, 2.45) is 0 Å². The Labute approximate surface area is 144 Å². The van der Waals surface area contributed by atoms with Crippen molar-refractivity contribution >= 4 is 26.5 Å². The molecule has 0 bridgehead atoms. The largest absolute Gasteiger partial charge is 0.486 e. The second-order valence-electron chi connectivity index (χ2n) is 6.26. The van der Waals surface area contributed by atoms with Crippen molar-refractivity contribution in [2.75, 3.05) is 26.2 Å². The van der Waals surface area contributed by atoms with Crippen molar-refractivity contribution in [1.29, 1.82) is 0 Å². The summed E-state index contributed by atoms with van der Waals surface area (Å²) in [5.74, 6) is 1.66. The van der Waals surface area contributed by atoms with Crippen LogP contribution in [0.1, 0.15) is 19.8 Å². The van der Waals surface area contributed by atoms with Gasteiger partial charge in [0.25, 0.3) is 3.91 Å². The Hall–Kier alpha value is -1.02. The van der Waals surface area contributed by atoms with Crippen molar-refractivity contribution in [3.05, 3.63) is 24.3 Å². The summed E-state index contributed by atoms with van der Waals surface area (Å²) in [6.45, 7) is 5.51. The highest BCUT2D eigenvalue weighted by molar-refractivity contribution is 14.1. The van der Waals surface area contributed by atoms with Gasteiger partial charge >= 0.3 is 0 Å². The number of piperidine rings is 1. The lowest BCUT2D eigenvalue weighted by Crippen LogP contribution is -2.54. The number of carbonyl (C=O) groups is 1. The number of hydrogen-bond donors (Lipinski definition) is 1. The first-order chi connectivity index (χ1) is 10.5. The fourth-order valence-electron chi connectivity index (χ4n) is 3.03. The van der Waals surface area contributed by atoms with Crippen LogP contribution in [0, 0.1) is 0 Å². The molecule has 0 aliphatic carbocycles. The summed E-state index contributed by atoms with van der Waals surface area (Å²) < 4.78 is 11.8. The molecule has 1 amide bonds. The summed E-state index contributed by atoms with van der Waals surface area (Å²) in [5, 5.41) is 3.06. The number of ether oxygens (including phenoxy) is 2. The van der Waals surface area contributed by atoms with Gasteiger partial charge in [0.1, 0.15) is 12.7 Å². The highest BCUT2D eigenvalue weighted by Crippen LogP contribution is 2.31. The number of nitrogens with one attached hydrogen (secondary N) is 1. The average Bonchev–Trinajstić information content (AvgIpc) is 2.49. The van der Waals surface area contributed by atoms with Crippen LogP contribution in [0.4, 0.5) is 4.79 Å². The molecule has 1 N–H and O–H groups in total. The van der Waals surface area contributed by atoms with Crippen molar-refractivity contribution in [2.45, 2.75) is 31.4 Å². The molecule has 6 heteroatoms. The van der Waals surface area contributed by atoms with Crippen LogP contribution in [0.3, 0.4) is 0 Å². The van der Waals surface area contributed by atoms with Crippen LogP contribution in [0.5, 0.6) is 11.5 Å².